The van der Waals surface area contributed by atoms with Gasteiger partial charge >= 0.3 is 6.09 Å². The molecule has 1 rings (SSSR count). The molecule has 0 atom stereocenters. The van der Waals surface area contributed by atoms with Crippen molar-refractivity contribution in [3.63, 3.8) is 0 Å². The van der Waals surface area contributed by atoms with Gasteiger partial charge in [-0.2, -0.15) is 0 Å². The number of hydrogen-bond acceptors (Lipinski definition) is 6. The first-order valence-electron chi connectivity index (χ1n) is 5.63. The predicted octanol–water partition coefficient (Wildman–Crippen LogP) is -0.340. The van der Waals surface area contributed by atoms with Crippen LogP contribution in [0.1, 0.15) is 19.0 Å². The lowest BCUT2D eigenvalue weighted by Gasteiger charge is -2.01. The maximum absolute atomic E-state index is 11.3. The topological polar surface area (TPSA) is 98.1 Å². The average Bonchev–Trinajstić information content (AvgIpc) is 2.76. The lowest BCUT2D eigenvalue weighted by Crippen LogP contribution is -2.33. The molecular formula is C10H17N5O3. The van der Waals surface area contributed by atoms with Gasteiger partial charge < -0.3 is 10.1 Å². The highest BCUT2D eigenvalue weighted by Crippen LogP contribution is 1.92. The molecule has 0 saturated heterocycles. The maximum atomic E-state index is 11.3. The summed E-state index contributed by atoms with van der Waals surface area (Å²) in [7, 11) is 1.19. The van der Waals surface area contributed by atoms with Gasteiger partial charge in [-0.15, -0.1) is 5.10 Å². The van der Waals surface area contributed by atoms with E-state index in [1.807, 2.05) is 5.32 Å². The molecule has 2 amide bonds. The van der Waals surface area contributed by atoms with E-state index in [2.05, 4.69) is 27.3 Å². The van der Waals surface area contributed by atoms with Gasteiger partial charge in [-0.3, -0.25) is 10.1 Å². The summed E-state index contributed by atoms with van der Waals surface area (Å²) in [5.74, 6) is -0.500. The Labute approximate surface area is 105 Å². The summed E-state index contributed by atoms with van der Waals surface area (Å²) < 4.78 is 5.67. The number of nitrogens with one attached hydrogen (secondary N) is 2. The van der Waals surface area contributed by atoms with Gasteiger partial charge in [0.15, 0.2) is 0 Å². The van der Waals surface area contributed by atoms with E-state index in [0.717, 1.165) is 18.7 Å². The van der Waals surface area contributed by atoms with Crippen LogP contribution in [0.25, 0.3) is 0 Å². The summed E-state index contributed by atoms with van der Waals surface area (Å²) in [5, 5.41) is 12.9. The smallest absolute Gasteiger partial charge is 0.413 e. The number of methoxy groups -OCH3 is 1. The van der Waals surface area contributed by atoms with Crippen molar-refractivity contribution in [2.24, 2.45) is 0 Å². The number of ether oxygens (including phenoxy) is 1. The normalized spacial score (nSPS) is 10.1. The van der Waals surface area contributed by atoms with Gasteiger partial charge in [0.2, 0.25) is 0 Å². The van der Waals surface area contributed by atoms with Crippen molar-refractivity contribution in [2.75, 3.05) is 13.7 Å². The molecule has 0 aliphatic carbocycles. The van der Waals surface area contributed by atoms with Gasteiger partial charge in [0.1, 0.15) is 6.54 Å². The van der Waals surface area contributed by atoms with Crippen LogP contribution in [0, 0.1) is 0 Å². The van der Waals surface area contributed by atoms with E-state index >= 15 is 0 Å². The molecule has 0 aromatic carbocycles. The second-order valence-electron chi connectivity index (χ2n) is 3.62. The van der Waals surface area contributed by atoms with Crippen LogP contribution in [0.5, 0.6) is 0 Å². The number of hydrogen-bond donors (Lipinski definition) is 2. The molecule has 0 radical (unpaired) electrons. The maximum Gasteiger partial charge on any atom is 0.413 e. The number of alkyl carbamates (subject to hydrolysis) is 1. The Kier molecular flexibility index (Phi) is 5.78. The van der Waals surface area contributed by atoms with E-state index in [9.17, 15) is 9.59 Å². The Balaban J connectivity index is 2.38. The molecule has 8 heteroatoms. The minimum Gasteiger partial charge on any atom is -0.453 e. The number of carbonyl (C=O) groups is 2. The first kappa shape index (κ1) is 14.1. The number of imide groups is 1. The molecule has 0 fully saturated rings. The number of nitrogens with zero attached hydrogens (tertiary/aromatic N) is 3. The molecule has 0 aliphatic heterocycles. The van der Waals surface area contributed by atoms with Crippen molar-refractivity contribution < 1.29 is 14.3 Å². The second-order valence-corrected chi connectivity index (χ2v) is 3.62. The number of carbonyl (C=O) groups excluding carboxylic acids is 2. The zero-order valence-corrected chi connectivity index (χ0v) is 10.5. The molecule has 18 heavy (non-hydrogen) atoms. The Morgan fingerprint density at radius 3 is 2.94 bits per heavy atom. The molecule has 0 unspecified atom stereocenters. The van der Waals surface area contributed by atoms with E-state index in [0.29, 0.717) is 6.54 Å². The number of aromatic nitrogens is 3. The lowest BCUT2D eigenvalue weighted by molar-refractivity contribution is -0.121. The average molecular weight is 255 g/mol. The Bertz CT molecular complexity index is 404. The highest BCUT2D eigenvalue weighted by molar-refractivity contribution is 5.91. The second kappa shape index (κ2) is 7.38. The van der Waals surface area contributed by atoms with Crippen molar-refractivity contribution in [2.45, 2.75) is 26.4 Å². The quantitative estimate of drug-likeness (QED) is 0.675. The first-order chi connectivity index (χ1) is 8.65. The fourth-order valence-electron chi connectivity index (χ4n) is 1.24. The van der Waals surface area contributed by atoms with Crippen LogP contribution in [0.3, 0.4) is 0 Å². The summed E-state index contributed by atoms with van der Waals surface area (Å²) >= 11 is 0. The third kappa shape index (κ3) is 4.91. The largest absolute Gasteiger partial charge is 0.453 e. The third-order valence-corrected chi connectivity index (χ3v) is 2.05. The molecule has 0 bridgehead atoms. The molecule has 1 heterocycles. The highest BCUT2D eigenvalue weighted by Gasteiger charge is 2.09. The predicted molar refractivity (Wildman–Crippen MR) is 62.6 cm³/mol. The van der Waals surface area contributed by atoms with Crippen molar-refractivity contribution in [1.82, 2.24) is 25.6 Å². The van der Waals surface area contributed by atoms with Crippen LogP contribution in [-0.4, -0.2) is 40.6 Å². The SMILES string of the molecule is CCCNCc1cn(CC(=O)NC(=O)OC)nn1. The van der Waals surface area contributed by atoms with E-state index in [1.54, 1.807) is 6.20 Å². The highest BCUT2D eigenvalue weighted by atomic mass is 16.5. The van der Waals surface area contributed by atoms with Gasteiger partial charge in [0.25, 0.3) is 5.91 Å². The van der Waals surface area contributed by atoms with Gasteiger partial charge in [-0.05, 0) is 13.0 Å². The van der Waals surface area contributed by atoms with Crippen LogP contribution in [0.2, 0.25) is 0 Å². The van der Waals surface area contributed by atoms with Gasteiger partial charge in [-0.1, -0.05) is 12.1 Å². The number of amides is 2. The molecule has 8 nitrogen and oxygen atoms in total. The van der Waals surface area contributed by atoms with Crippen molar-refractivity contribution in [3.8, 4) is 0 Å². The molecule has 1 aromatic rings. The minimum atomic E-state index is -0.787. The molecule has 0 spiro atoms. The van der Waals surface area contributed by atoms with Crippen molar-refractivity contribution in [1.29, 1.82) is 0 Å². The summed E-state index contributed by atoms with van der Waals surface area (Å²) in [5.41, 5.74) is 0.745. The van der Waals surface area contributed by atoms with E-state index < -0.39 is 12.0 Å². The molecule has 0 saturated carbocycles. The molecule has 0 aliphatic rings. The van der Waals surface area contributed by atoms with Gasteiger partial charge in [0, 0.05) is 6.54 Å². The van der Waals surface area contributed by atoms with Gasteiger partial charge in [0.05, 0.1) is 19.0 Å². The van der Waals surface area contributed by atoms with Crippen LogP contribution in [0.4, 0.5) is 4.79 Å². The summed E-state index contributed by atoms with van der Waals surface area (Å²) in [6.45, 7) is 3.50. The standard InChI is InChI=1S/C10H17N5O3/c1-3-4-11-5-8-6-15(14-13-8)7-9(16)12-10(17)18-2/h6,11H,3-5,7H2,1-2H3,(H,12,16,17). The fraction of sp³-hybridized carbons (Fsp3) is 0.600. The molecule has 2 N–H and O–H groups in total. The summed E-state index contributed by atoms with van der Waals surface area (Å²) in [6, 6.07) is 0. The van der Waals surface area contributed by atoms with Crippen molar-refractivity contribution in [3.05, 3.63) is 11.9 Å². The minimum absolute atomic E-state index is 0.0735. The fourth-order valence-corrected chi connectivity index (χ4v) is 1.24. The zero-order valence-electron chi connectivity index (χ0n) is 10.5. The molecular weight excluding hydrogens is 238 g/mol. The summed E-state index contributed by atoms with van der Waals surface area (Å²) in [6.07, 6.45) is 1.90. The summed E-state index contributed by atoms with van der Waals surface area (Å²) in [4.78, 5) is 22.1. The zero-order chi connectivity index (χ0) is 13.4. The van der Waals surface area contributed by atoms with Gasteiger partial charge in [-0.25, -0.2) is 9.48 Å². The first-order valence-corrected chi connectivity index (χ1v) is 5.63. The van der Waals surface area contributed by atoms with E-state index in [1.165, 1.54) is 11.8 Å². The third-order valence-electron chi connectivity index (χ3n) is 2.05. The Morgan fingerprint density at radius 2 is 2.28 bits per heavy atom. The van der Waals surface area contributed by atoms with Crippen LogP contribution >= 0.6 is 0 Å². The Morgan fingerprint density at radius 1 is 1.50 bits per heavy atom. The van der Waals surface area contributed by atoms with Crippen LogP contribution in [-0.2, 0) is 22.6 Å². The molecule has 100 valence electrons. The van der Waals surface area contributed by atoms with Crippen molar-refractivity contribution >= 4 is 12.0 Å². The van der Waals surface area contributed by atoms with Crippen LogP contribution in [0.15, 0.2) is 6.20 Å². The van der Waals surface area contributed by atoms with E-state index in [-0.39, 0.29) is 6.54 Å². The van der Waals surface area contributed by atoms with Crippen LogP contribution < -0.4 is 10.6 Å². The lowest BCUT2D eigenvalue weighted by atomic mass is 10.4. The Hall–Kier alpha value is -1.96. The molecule has 1 aromatic heterocycles. The monoisotopic (exact) mass is 255 g/mol. The number of rotatable bonds is 6. The van der Waals surface area contributed by atoms with E-state index in [4.69, 9.17) is 0 Å².